The van der Waals surface area contributed by atoms with Crippen LogP contribution in [-0.2, 0) is 26.7 Å². The van der Waals surface area contributed by atoms with Crippen LogP contribution in [0.5, 0.6) is 0 Å². The fourth-order valence-corrected chi connectivity index (χ4v) is 2.01. The first-order valence-corrected chi connectivity index (χ1v) is 9.17. The summed E-state index contributed by atoms with van der Waals surface area (Å²) in [6, 6.07) is 13.3. The molecule has 154 valence electrons. The van der Waals surface area contributed by atoms with Crippen molar-refractivity contribution in [3.05, 3.63) is 65.2 Å². The summed E-state index contributed by atoms with van der Waals surface area (Å²) in [6.07, 6.45) is 0.837. The minimum Gasteiger partial charge on any atom is -0.461 e. The van der Waals surface area contributed by atoms with Gasteiger partial charge in [0.25, 0.3) is 0 Å². The third-order valence-corrected chi connectivity index (χ3v) is 3.51. The Morgan fingerprint density at radius 1 is 1.07 bits per heavy atom. The third-order valence-electron chi connectivity index (χ3n) is 3.51. The van der Waals surface area contributed by atoms with Gasteiger partial charge in [-0.15, -0.1) is 0 Å². The van der Waals surface area contributed by atoms with Gasteiger partial charge < -0.3 is 14.8 Å². The van der Waals surface area contributed by atoms with E-state index in [0.29, 0.717) is 11.8 Å². The van der Waals surface area contributed by atoms with E-state index in [1.807, 2.05) is 20.9 Å². The standard InChI is InChI=1S/C12H12F2O3.C8H11N.C2H6/c1-2-17-11(16)12(13,14)10-5-3-9(4-6-10)7-8-15;1-7-3-5-8(9-2)6-4-7;1-2/h3-6,8H,2,7H2,1H3;3-6,9H,1-2H3;1-2H3. The number of aryl methyl sites for hydroxylation is 1. The zero-order valence-electron chi connectivity index (χ0n) is 17.1. The first kappa shape index (κ1) is 25.2. The molecule has 0 radical (unpaired) electrons. The van der Waals surface area contributed by atoms with Crippen LogP contribution in [0.2, 0.25) is 0 Å². The Balaban J connectivity index is 0.000000556. The molecule has 0 bridgehead atoms. The van der Waals surface area contributed by atoms with Crippen LogP contribution in [0.3, 0.4) is 0 Å². The van der Waals surface area contributed by atoms with Crippen molar-refractivity contribution in [2.24, 2.45) is 0 Å². The van der Waals surface area contributed by atoms with Gasteiger partial charge in [0.1, 0.15) is 6.29 Å². The van der Waals surface area contributed by atoms with E-state index >= 15 is 0 Å². The van der Waals surface area contributed by atoms with E-state index < -0.39 is 17.5 Å². The Labute approximate surface area is 165 Å². The first-order chi connectivity index (χ1) is 13.3. The molecule has 1 N–H and O–H groups in total. The van der Waals surface area contributed by atoms with Crippen LogP contribution < -0.4 is 5.32 Å². The predicted molar refractivity (Wildman–Crippen MR) is 109 cm³/mol. The zero-order chi connectivity index (χ0) is 21.6. The van der Waals surface area contributed by atoms with Crippen molar-refractivity contribution in [2.75, 3.05) is 19.0 Å². The summed E-state index contributed by atoms with van der Waals surface area (Å²) >= 11 is 0. The van der Waals surface area contributed by atoms with Gasteiger partial charge in [-0.2, -0.15) is 8.78 Å². The number of nitrogens with one attached hydrogen (secondary N) is 1. The Hall–Kier alpha value is -2.76. The van der Waals surface area contributed by atoms with Crippen LogP contribution in [0.4, 0.5) is 14.5 Å². The van der Waals surface area contributed by atoms with Crippen LogP contribution in [0.15, 0.2) is 48.5 Å². The summed E-state index contributed by atoms with van der Waals surface area (Å²) in [7, 11) is 1.92. The highest BCUT2D eigenvalue weighted by molar-refractivity contribution is 5.79. The van der Waals surface area contributed by atoms with Gasteiger partial charge in [0.2, 0.25) is 0 Å². The van der Waals surface area contributed by atoms with Crippen LogP contribution in [0, 0.1) is 6.92 Å². The van der Waals surface area contributed by atoms with Gasteiger partial charge in [0, 0.05) is 24.7 Å². The largest absolute Gasteiger partial charge is 0.461 e. The lowest BCUT2D eigenvalue weighted by atomic mass is 10.1. The van der Waals surface area contributed by atoms with Gasteiger partial charge in [-0.1, -0.05) is 55.8 Å². The monoisotopic (exact) mass is 393 g/mol. The minimum absolute atomic E-state index is 0.0996. The van der Waals surface area contributed by atoms with E-state index in [-0.39, 0.29) is 13.0 Å². The molecule has 2 aromatic rings. The summed E-state index contributed by atoms with van der Waals surface area (Å²) in [4.78, 5) is 21.3. The molecule has 0 heterocycles. The number of benzene rings is 2. The average molecular weight is 393 g/mol. The van der Waals surface area contributed by atoms with Crippen molar-refractivity contribution < 1.29 is 23.1 Å². The van der Waals surface area contributed by atoms with E-state index in [1.54, 1.807) is 0 Å². The number of carbonyl (C=O) groups excluding carboxylic acids is 2. The molecule has 6 heteroatoms. The number of aldehydes is 1. The molecule has 2 rings (SSSR count). The molecule has 0 aliphatic carbocycles. The van der Waals surface area contributed by atoms with E-state index in [9.17, 15) is 18.4 Å². The summed E-state index contributed by atoms with van der Waals surface area (Å²) in [5.41, 5.74) is 2.64. The Bertz CT molecular complexity index is 699. The van der Waals surface area contributed by atoms with Crippen molar-refractivity contribution >= 4 is 17.9 Å². The number of esters is 1. The number of carbonyl (C=O) groups is 2. The lowest BCUT2D eigenvalue weighted by Crippen LogP contribution is -2.28. The fraction of sp³-hybridized carbons (Fsp3) is 0.364. The van der Waals surface area contributed by atoms with Crippen LogP contribution in [-0.4, -0.2) is 25.9 Å². The summed E-state index contributed by atoms with van der Waals surface area (Å²) in [5.74, 6) is -5.22. The highest BCUT2D eigenvalue weighted by Gasteiger charge is 2.42. The molecule has 0 aliphatic rings. The Morgan fingerprint density at radius 2 is 1.61 bits per heavy atom. The number of hydrogen-bond donors (Lipinski definition) is 1. The maximum atomic E-state index is 13.5. The molecule has 0 spiro atoms. The molecule has 0 atom stereocenters. The smallest absolute Gasteiger partial charge is 0.381 e. The number of rotatable bonds is 6. The lowest BCUT2D eigenvalue weighted by Gasteiger charge is -2.14. The normalized spacial score (nSPS) is 9.82. The summed E-state index contributed by atoms with van der Waals surface area (Å²) < 4.78 is 31.3. The third kappa shape index (κ3) is 8.29. The summed E-state index contributed by atoms with van der Waals surface area (Å²) in [5, 5.41) is 3.05. The molecule has 2 aromatic carbocycles. The SMILES string of the molecule is CC.CCOC(=O)C(F)(F)c1ccc(CC=O)cc1.CNc1ccc(C)cc1. The molecule has 4 nitrogen and oxygen atoms in total. The van der Waals surface area contributed by atoms with Crippen molar-refractivity contribution in [3.63, 3.8) is 0 Å². The zero-order valence-corrected chi connectivity index (χ0v) is 17.1. The second-order valence-electron chi connectivity index (χ2n) is 5.48. The van der Waals surface area contributed by atoms with Gasteiger partial charge in [-0.25, -0.2) is 4.79 Å². The number of ether oxygens (including phenoxy) is 1. The van der Waals surface area contributed by atoms with Gasteiger partial charge >= 0.3 is 11.9 Å². The topological polar surface area (TPSA) is 55.4 Å². The van der Waals surface area contributed by atoms with Gasteiger partial charge in [-0.3, -0.25) is 0 Å². The number of alkyl halides is 2. The quantitative estimate of drug-likeness (QED) is 0.545. The second-order valence-corrected chi connectivity index (χ2v) is 5.48. The molecule has 0 aliphatic heterocycles. The lowest BCUT2D eigenvalue weighted by molar-refractivity contribution is -0.173. The molecular formula is C22H29F2NO3. The first-order valence-electron chi connectivity index (χ1n) is 9.17. The molecule has 0 fully saturated rings. The van der Waals surface area contributed by atoms with E-state index in [4.69, 9.17) is 0 Å². The van der Waals surface area contributed by atoms with Crippen molar-refractivity contribution in [1.29, 1.82) is 0 Å². The van der Waals surface area contributed by atoms with Crippen molar-refractivity contribution in [2.45, 2.75) is 40.0 Å². The van der Waals surface area contributed by atoms with Crippen molar-refractivity contribution in [3.8, 4) is 0 Å². The maximum absolute atomic E-state index is 13.5. The second kappa shape index (κ2) is 13.4. The molecule has 0 amide bonds. The molecular weight excluding hydrogens is 364 g/mol. The van der Waals surface area contributed by atoms with Gasteiger partial charge in [0.15, 0.2) is 0 Å². The molecule has 0 saturated heterocycles. The highest BCUT2D eigenvalue weighted by Crippen LogP contribution is 2.29. The van der Waals surface area contributed by atoms with E-state index in [0.717, 1.165) is 12.1 Å². The van der Waals surface area contributed by atoms with Crippen LogP contribution in [0.25, 0.3) is 0 Å². The number of anilines is 1. The summed E-state index contributed by atoms with van der Waals surface area (Å²) in [6.45, 7) is 7.44. The number of halogens is 2. The minimum atomic E-state index is -3.66. The predicted octanol–water partition coefficient (Wildman–Crippen LogP) is 5.15. The van der Waals surface area contributed by atoms with Crippen molar-refractivity contribution in [1.82, 2.24) is 0 Å². The van der Waals surface area contributed by atoms with Gasteiger partial charge in [0.05, 0.1) is 6.61 Å². The maximum Gasteiger partial charge on any atom is 0.381 e. The van der Waals surface area contributed by atoms with E-state index in [2.05, 4.69) is 41.2 Å². The number of hydrogen-bond acceptors (Lipinski definition) is 4. The molecule has 0 unspecified atom stereocenters. The Morgan fingerprint density at radius 3 is 2.04 bits per heavy atom. The van der Waals surface area contributed by atoms with Crippen LogP contribution >= 0.6 is 0 Å². The van der Waals surface area contributed by atoms with Crippen LogP contribution in [0.1, 0.15) is 37.5 Å². The Kier molecular flexibility index (Phi) is 12.1. The average Bonchev–Trinajstić information content (AvgIpc) is 2.71. The molecule has 0 saturated carbocycles. The fourth-order valence-electron chi connectivity index (χ4n) is 2.01. The molecule has 28 heavy (non-hydrogen) atoms. The van der Waals surface area contributed by atoms with Gasteiger partial charge in [-0.05, 0) is 31.5 Å². The van der Waals surface area contributed by atoms with E-state index in [1.165, 1.54) is 30.3 Å². The highest BCUT2D eigenvalue weighted by atomic mass is 19.3. The molecule has 0 aromatic heterocycles.